The highest BCUT2D eigenvalue weighted by Crippen LogP contribution is 2.34. The van der Waals surface area contributed by atoms with E-state index in [0.29, 0.717) is 46.4 Å². The quantitative estimate of drug-likeness (QED) is 0.373. The second-order valence-corrected chi connectivity index (χ2v) is 9.66. The molecule has 0 saturated heterocycles. The first-order chi connectivity index (χ1) is 16.3. The molecule has 2 aromatic heterocycles. The maximum absolute atomic E-state index is 11.7. The van der Waals surface area contributed by atoms with Crippen LogP contribution < -0.4 is 9.47 Å². The van der Waals surface area contributed by atoms with Crippen molar-refractivity contribution in [2.75, 3.05) is 20.0 Å². The molecule has 0 radical (unpaired) electrons. The van der Waals surface area contributed by atoms with Crippen molar-refractivity contribution >= 4 is 21.0 Å². The standard InChI is InChI=1S/C24H22N4O5S/c1-16(14-31-2)32-19-11-17(23-27-22-5-4-10-26-24(22)28(23)15-25)12-20(13-19)33-18-6-8-21(9-7-18)34(3,29)30/h4-13,16H,14H2,1-3H3/t16-/m0/s1. The average Bonchev–Trinajstić information content (AvgIpc) is 3.17. The molecule has 2 aromatic carbocycles. The van der Waals surface area contributed by atoms with Crippen LogP contribution in [-0.2, 0) is 14.6 Å². The van der Waals surface area contributed by atoms with Crippen LogP contribution in [-0.4, -0.2) is 49.0 Å². The molecule has 4 aromatic rings. The molecule has 0 unspecified atom stereocenters. The third-order valence-electron chi connectivity index (χ3n) is 4.88. The van der Waals surface area contributed by atoms with E-state index >= 15 is 0 Å². The zero-order valence-electron chi connectivity index (χ0n) is 18.8. The predicted octanol–water partition coefficient (Wildman–Crippen LogP) is 4.04. The van der Waals surface area contributed by atoms with E-state index < -0.39 is 9.84 Å². The highest BCUT2D eigenvalue weighted by Gasteiger charge is 2.17. The van der Waals surface area contributed by atoms with E-state index in [4.69, 9.17) is 14.2 Å². The minimum atomic E-state index is -3.32. The number of benzene rings is 2. The monoisotopic (exact) mass is 478 g/mol. The van der Waals surface area contributed by atoms with E-state index in [0.717, 1.165) is 6.26 Å². The van der Waals surface area contributed by atoms with Crippen LogP contribution in [0.5, 0.6) is 17.2 Å². The highest BCUT2D eigenvalue weighted by molar-refractivity contribution is 7.90. The van der Waals surface area contributed by atoms with Crippen LogP contribution in [0.3, 0.4) is 0 Å². The van der Waals surface area contributed by atoms with Gasteiger partial charge in [-0.15, -0.1) is 0 Å². The predicted molar refractivity (Wildman–Crippen MR) is 126 cm³/mol. The van der Waals surface area contributed by atoms with Gasteiger partial charge in [-0.1, -0.05) is 0 Å². The zero-order chi connectivity index (χ0) is 24.3. The van der Waals surface area contributed by atoms with Crippen LogP contribution >= 0.6 is 0 Å². The Kier molecular flexibility index (Phi) is 6.49. The molecular weight excluding hydrogens is 456 g/mol. The summed E-state index contributed by atoms with van der Waals surface area (Å²) < 4.78 is 41.9. The van der Waals surface area contributed by atoms with Gasteiger partial charge in [-0.25, -0.2) is 23.0 Å². The lowest BCUT2D eigenvalue weighted by Gasteiger charge is -2.16. The number of hydrogen-bond donors (Lipinski definition) is 0. The fraction of sp³-hybridized carbons (Fsp3) is 0.208. The lowest BCUT2D eigenvalue weighted by atomic mass is 10.2. The van der Waals surface area contributed by atoms with Gasteiger partial charge in [0.15, 0.2) is 27.5 Å². The fourth-order valence-electron chi connectivity index (χ4n) is 3.42. The van der Waals surface area contributed by atoms with Crippen LogP contribution in [0.15, 0.2) is 65.7 Å². The Morgan fingerprint density at radius 1 is 1.09 bits per heavy atom. The van der Waals surface area contributed by atoms with E-state index in [2.05, 4.69) is 16.2 Å². The van der Waals surface area contributed by atoms with E-state index in [1.54, 1.807) is 55.8 Å². The number of fused-ring (bicyclic) bond motifs is 1. The topological polar surface area (TPSA) is 116 Å². The number of pyridine rings is 1. The molecule has 0 saturated carbocycles. The van der Waals surface area contributed by atoms with Crippen molar-refractivity contribution in [2.24, 2.45) is 0 Å². The molecule has 1 atom stereocenters. The summed E-state index contributed by atoms with van der Waals surface area (Å²) in [5, 5.41) is 9.75. The van der Waals surface area contributed by atoms with Gasteiger partial charge in [-0.2, -0.15) is 5.26 Å². The number of rotatable bonds is 8. The average molecular weight is 479 g/mol. The zero-order valence-corrected chi connectivity index (χ0v) is 19.6. The van der Waals surface area contributed by atoms with Gasteiger partial charge in [0, 0.05) is 31.2 Å². The van der Waals surface area contributed by atoms with Crippen molar-refractivity contribution in [1.29, 1.82) is 5.26 Å². The van der Waals surface area contributed by atoms with Crippen LogP contribution in [0.4, 0.5) is 0 Å². The molecule has 0 fully saturated rings. The van der Waals surface area contributed by atoms with Crippen LogP contribution in [0, 0.1) is 11.5 Å². The highest BCUT2D eigenvalue weighted by atomic mass is 32.2. The van der Waals surface area contributed by atoms with Crippen molar-refractivity contribution in [3.8, 4) is 34.8 Å². The lowest BCUT2D eigenvalue weighted by molar-refractivity contribution is 0.0920. The maximum atomic E-state index is 11.7. The minimum absolute atomic E-state index is 0.196. The summed E-state index contributed by atoms with van der Waals surface area (Å²) in [6, 6.07) is 14.8. The molecule has 0 aliphatic rings. The first kappa shape index (κ1) is 23.2. The summed E-state index contributed by atoms with van der Waals surface area (Å²) in [5.41, 5.74) is 1.61. The van der Waals surface area contributed by atoms with Crippen LogP contribution in [0.2, 0.25) is 0 Å². The van der Waals surface area contributed by atoms with E-state index in [9.17, 15) is 13.7 Å². The van der Waals surface area contributed by atoms with E-state index in [1.807, 2.05) is 6.92 Å². The van der Waals surface area contributed by atoms with Crippen LogP contribution in [0.1, 0.15) is 6.92 Å². The van der Waals surface area contributed by atoms with E-state index in [1.165, 1.54) is 16.7 Å². The van der Waals surface area contributed by atoms with Crippen molar-refractivity contribution in [3.63, 3.8) is 0 Å². The van der Waals surface area contributed by atoms with Gasteiger partial charge < -0.3 is 14.2 Å². The first-order valence-electron chi connectivity index (χ1n) is 10.3. The molecule has 9 nitrogen and oxygen atoms in total. The molecule has 0 N–H and O–H groups in total. The number of imidazole rings is 1. The minimum Gasteiger partial charge on any atom is -0.488 e. The number of aromatic nitrogens is 3. The summed E-state index contributed by atoms with van der Waals surface area (Å²) in [5.74, 6) is 1.75. The number of ether oxygens (including phenoxy) is 3. The van der Waals surface area contributed by atoms with Crippen molar-refractivity contribution in [3.05, 3.63) is 60.8 Å². The molecule has 0 aliphatic heterocycles. The summed E-state index contributed by atoms with van der Waals surface area (Å²) in [4.78, 5) is 9.03. The third kappa shape index (κ3) is 5.01. The van der Waals surface area contributed by atoms with E-state index in [-0.39, 0.29) is 11.0 Å². The Hall–Kier alpha value is -3.94. The maximum Gasteiger partial charge on any atom is 0.192 e. The SMILES string of the molecule is COC[C@H](C)Oc1cc(Oc2ccc(S(C)(=O)=O)cc2)cc(-c2nc3cccnc3n2C#N)c1. The Balaban J connectivity index is 1.77. The van der Waals surface area contributed by atoms with Crippen LogP contribution in [0.25, 0.3) is 22.6 Å². The molecule has 10 heteroatoms. The first-order valence-corrected chi connectivity index (χ1v) is 12.2. The van der Waals surface area contributed by atoms with Gasteiger partial charge in [-0.05, 0) is 55.5 Å². The Morgan fingerprint density at radius 2 is 1.82 bits per heavy atom. The third-order valence-corrected chi connectivity index (χ3v) is 6.01. The molecule has 34 heavy (non-hydrogen) atoms. The molecule has 0 bridgehead atoms. The summed E-state index contributed by atoms with van der Waals surface area (Å²) in [6.07, 6.45) is 4.63. The normalized spacial score (nSPS) is 12.3. The van der Waals surface area contributed by atoms with Gasteiger partial charge in [0.2, 0.25) is 0 Å². The second-order valence-electron chi connectivity index (χ2n) is 7.64. The smallest absolute Gasteiger partial charge is 0.192 e. The number of methoxy groups -OCH3 is 1. The Bertz CT molecular complexity index is 1470. The van der Waals surface area contributed by atoms with Crippen molar-refractivity contribution < 1.29 is 22.6 Å². The molecular formula is C24H22N4O5S. The van der Waals surface area contributed by atoms with Gasteiger partial charge >= 0.3 is 0 Å². The number of nitrogens with zero attached hydrogens (tertiary/aromatic N) is 4. The Morgan fingerprint density at radius 3 is 2.50 bits per heavy atom. The second kappa shape index (κ2) is 9.51. The largest absolute Gasteiger partial charge is 0.488 e. The lowest BCUT2D eigenvalue weighted by Crippen LogP contribution is -2.18. The van der Waals surface area contributed by atoms with Gasteiger partial charge in [0.25, 0.3) is 0 Å². The summed E-state index contributed by atoms with van der Waals surface area (Å²) in [7, 11) is -1.73. The van der Waals surface area contributed by atoms with Gasteiger partial charge in [0.1, 0.15) is 28.9 Å². The number of nitriles is 1. The number of hydrogen-bond acceptors (Lipinski definition) is 8. The molecule has 0 spiro atoms. The molecule has 0 aliphatic carbocycles. The molecule has 0 amide bonds. The summed E-state index contributed by atoms with van der Waals surface area (Å²) in [6.45, 7) is 2.25. The fourth-order valence-corrected chi connectivity index (χ4v) is 4.05. The van der Waals surface area contributed by atoms with Crippen molar-refractivity contribution in [2.45, 2.75) is 17.9 Å². The molecule has 174 valence electrons. The van der Waals surface area contributed by atoms with Gasteiger partial charge in [0.05, 0.1) is 11.5 Å². The molecule has 2 heterocycles. The Labute approximate surface area is 197 Å². The summed E-state index contributed by atoms with van der Waals surface area (Å²) >= 11 is 0. The van der Waals surface area contributed by atoms with Crippen molar-refractivity contribution in [1.82, 2.24) is 14.5 Å². The van der Waals surface area contributed by atoms with Gasteiger partial charge in [-0.3, -0.25) is 0 Å². The molecule has 4 rings (SSSR count). The number of sulfone groups is 1.